The molecule has 1 N–H and O–H groups in total. The molecule has 0 aliphatic carbocycles. The first-order chi connectivity index (χ1) is 8.66. The topological polar surface area (TPSA) is 58.4 Å². The molecule has 2 aromatic rings. The number of nitrogens with one attached hydrogen (secondary N) is 1. The third kappa shape index (κ3) is 2.88. The van der Waals surface area contributed by atoms with E-state index >= 15 is 0 Å². The largest absolute Gasteiger partial charge is 0.447 e. The molecule has 5 nitrogen and oxygen atoms in total. The van der Waals surface area contributed by atoms with Gasteiger partial charge in [0.15, 0.2) is 6.39 Å². The molecular formula is C13H15N3O2. The molecule has 0 aliphatic heterocycles. The van der Waals surface area contributed by atoms with Crippen molar-refractivity contribution in [2.45, 2.75) is 6.54 Å². The van der Waals surface area contributed by atoms with Gasteiger partial charge < -0.3 is 14.6 Å². The Labute approximate surface area is 105 Å². The quantitative estimate of drug-likeness (QED) is 0.895. The van der Waals surface area contributed by atoms with Crippen LogP contribution in [0.3, 0.4) is 0 Å². The van der Waals surface area contributed by atoms with Crippen LogP contribution in [0.15, 0.2) is 41.3 Å². The molecule has 1 aromatic carbocycles. The first-order valence-electron chi connectivity index (χ1n) is 5.60. The highest BCUT2D eigenvalue weighted by Gasteiger charge is 2.08. The standard InChI is InChI=1S/C13H15N3O2/c1-16(2)13(17)10-4-3-5-11(6-10)15-8-12-7-14-9-18-12/h3-7,9,15H,8H2,1-2H3. The highest BCUT2D eigenvalue weighted by molar-refractivity contribution is 5.94. The molecule has 1 amide bonds. The van der Waals surface area contributed by atoms with E-state index in [1.54, 1.807) is 31.3 Å². The van der Waals surface area contributed by atoms with Crippen molar-refractivity contribution in [1.29, 1.82) is 0 Å². The zero-order valence-electron chi connectivity index (χ0n) is 10.4. The average molecular weight is 245 g/mol. The molecule has 0 saturated carbocycles. The van der Waals surface area contributed by atoms with Crippen molar-refractivity contribution in [3.63, 3.8) is 0 Å². The second-order valence-electron chi connectivity index (χ2n) is 4.10. The number of aromatic nitrogens is 1. The Bertz CT molecular complexity index is 521. The van der Waals surface area contributed by atoms with Crippen LogP contribution in [0.25, 0.3) is 0 Å². The van der Waals surface area contributed by atoms with Crippen LogP contribution in [-0.4, -0.2) is 29.9 Å². The first kappa shape index (κ1) is 12.2. The average Bonchev–Trinajstić information content (AvgIpc) is 2.89. The number of anilines is 1. The van der Waals surface area contributed by atoms with E-state index in [1.807, 2.05) is 18.2 Å². The van der Waals surface area contributed by atoms with Crippen LogP contribution < -0.4 is 5.32 Å². The number of hydrogen-bond donors (Lipinski definition) is 1. The van der Waals surface area contributed by atoms with Gasteiger partial charge >= 0.3 is 0 Å². The zero-order chi connectivity index (χ0) is 13.0. The molecule has 0 bridgehead atoms. The summed E-state index contributed by atoms with van der Waals surface area (Å²) in [6.45, 7) is 0.541. The number of carbonyl (C=O) groups is 1. The molecule has 2 rings (SSSR count). The third-order valence-electron chi connectivity index (χ3n) is 2.47. The van der Waals surface area contributed by atoms with E-state index in [0.717, 1.165) is 11.4 Å². The molecule has 0 aliphatic rings. The molecular weight excluding hydrogens is 230 g/mol. The molecule has 18 heavy (non-hydrogen) atoms. The molecule has 0 saturated heterocycles. The summed E-state index contributed by atoms with van der Waals surface area (Å²) in [7, 11) is 3.47. The maximum atomic E-state index is 11.8. The highest BCUT2D eigenvalue weighted by atomic mass is 16.3. The van der Waals surface area contributed by atoms with Gasteiger partial charge in [-0.1, -0.05) is 6.07 Å². The van der Waals surface area contributed by atoms with E-state index in [9.17, 15) is 4.79 Å². The Morgan fingerprint density at radius 3 is 2.94 bits per heavy atom. The fraction of sp³-hybridized carbons (Fsp3) is 0.231. The maximum Gasteiger partial charge on any atom is 0.253 e. The monoisotopic (exact) mass is 245 g/mol. The van der Waals surface area contributed by atoms with E-state index in [4.69, 9.17) is 4.42 Å². The van der Waals surface area contributed by atoms with Crippen molar-refractivity contribution in [3.05, 3.63) is 48.2 Å². The first-order valence-corrected chi connectivity index (χ1v) is 5.60. The third-order valence-corrected chi connectivity index (χ3v) is 2.47. The van der Waals surface area contributed by atoms with Crippen molar-refractivity contribution >= 4 is 11.6 Å². The predicted octanol–water partition coefficient (Wildman–Crippen LogP) is 1.99. The van der Waals surface area contributed by atoms with Gasteiger partial charge in [0, 0.05) is 25.3 Å². The van der Waals surface area contributed by atoms with Crippen molar-refractivity contribution in [3.8, 4) is 0 Å². The van der Waals surface area contributed by atoms with E-state index in [0.29, 0.717) is 12.1 Å². The van der Waals surface area contributed by atoms with E-state index in [-0.39, 0.29) is 5.91 Å². The van der Waals surface area contributed by atoms with Crippen LogP contribution in [0.2, 0.25) is 0 Å². The molecule has 94 valence electrons. The Morgan fingerprint density at radius 1 is 1.44 bits per heavy atom. The summed E-state index contributed by atoms with van der Waals surface area (Å²) in [4.78, 5) is 17.2. The summed E-state index contributed by atoms with van der Waals surface area (Å²) in [5.41, 5.74) is 1.53. The number of oxazole rings is 1. The Kier molecular flexibility index (Phi) is 3.62. The molecule has 0 unspecified atom stereocenters. The lowest BCUT2D eigenvalue weighted by Crippen LogP contribution is -2.21. The smallest absolute Gasteiger partial charge is 0.253 e. The lowest BCUT2D eigenvalue weighted by molar-refractivity contribution is 0.0827. The van der Waals surface area contributed by atoms with Crippen molar-refractivity contribution < 1.29 is 9.21 Å². The number of nitrogens with zero attached hydrogens (tertiary/aromatic N) is 2. The summed E-state index contributed by atoms with van der Waals surface area (Å²) in [6.07, 6.45) is 3.05. The Hall–Kier alpha value is -2.30. The van der Waals surface area contributed by atoms with Crippen molar-refractivity contribution in [2.24, 2.45) is 0 Å². The van der Waals surface area contributed by atoms with E-state index in [2.05, 4.69) is 10.3 Å². The minimum atomic E-state index is -0.0154. The molecule has 5 heteroatoms. The second-order valence-corrected chi connectivity index (χ2v) is 4.10. The lowest BCUT2D eigenvalue weighted by atomic mass is 10.2. The van der Waals surface area contributed by atoms with Gasteiger partial charge in [-0.15, -0.1) is 0 Å². The van der Waals surface area contributed by atoms with Crippen LogP contribution in [0.1, 0.15) is 16.1 Å². The molecule has 1 aromatic heterocycles. The van der Waals surface area contributed by atoms with Gasteiger partial charge in [0.2, 0.25) is 0 Å². The van der Waals surface area contributed by atoms with Gasteiger partial charge in [-0.3, -0.25) is 4.79 Å². The van der Waals surface area contributed by atoms with Crippen LogP contribution in [0.4, 0.5) is 5.69 Å². The SMILES string of the molecule is CN(C)C(=O)c1cccc(NCc2cnco2)c1. The van der Waals surface area contributed by atoms with E-state index < -0.39 is 0 Å². The zero-order valence-corrected chi connectivity index (χ0v) is 10.4. The number of amides is 1. The normalized spacial score (nSPS) is 10.1. The number of rotatable bonds is 4. The summed E-state index contributed by atoms with van der Waals surface area (Å²) in [6, 6.07) is 7.36. The lowest BCUT2D eigenvalue weighted by Gasteiger charge is -2.11. The number of benzene rings is 1. The van der Waals surface area contributed by atoms with Gasteiger partial charge in [-0.25, -0.2) is 4.98 Å². The van der Waals surface area contributed by atoms with Gasteiger partial charge in [-0.05, 0) is 18.2 Å². The second kappa shape index (κ2) is 5.35. The summed E-state index contributed by atoms with van der Waals surface area (Å²) in [5, 5.41) is 3.18. The van der Waals surface area contributed by atoms with E-state index in [1.165, 1.54) is 6.39 Å². The maximum absolute atomic E-state index is 11.8. The molecule has 0 atom stereocenters. The van der Waals surface area contributed by atoms with Crippen molar-refractivity contribution in [1.82, 2.24) is 9.88 Å². The van der Waals surface area contributed by atoms with Crippen molar-refractivity contribution in [2.75, 3.05) is 19.4 Å². The Morgan fingerprint density at radius 2 is 2.28 bits per heavy atom. The number of carbonyl (C=O) groups excluding carboxylic acids is 1. The fourth-order valence-corrected chi connectivity index (χ4v) is 1.54. The summed E-state index contributed by atoms with van der Waals surface area (Å²) in [5.74, 6) is 0.734. The van der Waals surface area contributed by atoms with Gasteiger partial charge in [0.25, 0.3) is 5.91 Å². The molecule has 1 heterocycles. The molecule has 0 fully saturated rings. The van der Waals surface area contributed by atoms with Gasteiger partial charge in [-0.2, -0.15) is 0 Å². The Balaban J connectivity index is 2.05. The minimum Gasteiger partial charge on any atom is -0.447 e. The summed E-state index contributed by atoms with van der Waals surface area (Å²) >= 11 is 0. The fourth-order valence-electron chi connectivity index (χ4n) is 1.54. The van der Waals surface area contributed by atoms with Gasteiger partial charge in [0.05, 0.1) is 12.7 Å². The van der Waals surface area contributed by atoms with Crippen LogP contribution in [0, 0.1) is 0 Å². The van der Waals surface area contributed by atoms with Crippen LogP contribution >= 0.6 is 0 Å². The van der Waals surface area contributed by atoms with Gasteiger partial charge in [0.1, 0.15) is 5.76 Å². The van der Waals surface area contributed by atoms with Crippen LogP contribution in [0.5, 0.6) is 0 Å². The predicted molar refractivity (Wildman–Crippen MR) is 68.3 cm³/mol. The highest BCUT2D eigenvalue weighted by Crippen LogP contribution is 2.13. The molecule has 0 spiro atoms. The summed E-state index contributed by atoms with van der Waals surface area (Å²) < 4.78 is 5.12. The molecule has 0 radical (unpaired) electrons. The number of hydrogen-bond acceptors (Lipinski definition) is 4. The van der Waals surface area contributed by atoms with Crippen LogP contribution in [-0.2, 0) is 6.54 Å². The minimum absolute atomic E-state index is 0.0154.